The summed E-state index contributed by atoms with van der Waals surface area (Å²) in [6.07, 6.45) is -2.58. The summed E-state index contributed by atoms with van der Waals surface area (Å²) < 4.78 is 36.8. The molecule has 1 nitrogen and oxygen atoms in total. The molecule has 0 radical (unpaired) electrons. The molecular weight excluding hydrogens is 227 g/mol. The molecule has 0 aliphatic carbocycles. The van der Waals surface area contributed by atoms with Gasteiger partial charge in [-0.2, -0.15) is 13.2 Å². The Labute approximate surface area is 98.8 Å². The zero-order valence-electron chi connectivity index (χ0n) is 9.51. The predicted molar refractivity (Wildman–Crippen MR) is 61.2 cm³/mol. The molecule has 0 saturated heterocycles. The van der Waals surface area contributed by atoms with Crippen molar-refractivity contribution in [2.24, 2.45) is 5.73 Å². The van der Waals surface area contributed by atoms with Crippen LogP contribution in [0.4, 0.5) is 13.2 Å². The maximum absolute atomic E-state index is 12.3. The van der Waals surface area contributed by atoms with E-state index in [2.05, 4.69) is 11.8 Å². The van der Waals surface area contributed by atoms with Gasteiger partial charge in [0.25, 0.3) is 0 Å². The first-order valence-corrected chi connectivity index (χ1v) is 5.38. The van der Waals surface area contributed by atoms with Crippen LogP contribution in [0.5, 0.6) is 0 Å². The predicted octanol–water partition coefficient (Wildman–Crippen LogP) is 3.18. The molecule has 0 aromatic heterocycles. The highest BCUT2D eigenvalue weighted by Gasteiger charge is 2.29. The van der Waals surface area contributed by atoms with Crippen LogP contribution >= 0.6 is 0 Å². The number of hydrogen-bond donors (Lipinski definition) is 1. The Kier molecular flexibility index (Phi) is 4.59. The largest absolute Gasteiger partial charge is 0.416 e. The van der Waals surface area contributed by atoms with E-state index < -0.39 is 11.7 Å². The standard InChI is InChI=1S/C13H14F3N/c1-2-3-12(17)9-6-10-4-7-11(8-5-10)13(14,15)16/h4-5,7-8,12H,2-3,17H2,1H3. The molecule has 0 spiro atoms. The van der Waals surface area contributed by atoms with Gasteiger partial charge in [-0.05, 0) is 30.7 Å². The fourth-order valence-electron chi connectivity index (χ4n) is 1.30. The van der Waals surface area contributed by atoms with Gasteiger partial charge in [-0.3, -0.25) is 0 Å². The first-order chi connectivity index (χ1) is 7.93. The van der Waals surface area contributed by atoms with Crippen molar-refractivity contribution in [3.8, 4) is 11.8 Å². The van der Waals surface area contributed by atoms with Gasteiger partial charge in [0.05, 0.1) is 11.6 Å². The molecule has 0 amide bonds. The minimum absolute atomic E-state index is 0.220. The topological polar surface area (TPSA) is 26.0 Å². The lowest BCUT2D eigenvalue weighted by molar-refractivity contribution is -0.137. The van der Waals surface area contributed by atoms with Gasteiger partial charge in [-0.15, -0.1) is 0 Å². The van der Waals surface area contributed by atoms with Gasteiger partial charge in [0.15, 0.2) is 0 Å². The number of benzene rings is 1. The normalized spacial score (nSPS) is 12.8. The highest BCUT2D eigenvalue weighted by molar-refractivity contribution is 5.37. The van der Waals surface area contributed by atoms with Gasteiger partial charge < -0.3 is 5.73 Å². The third-order valence-corrected chi connectivity index (χ3v) is 2.21. The van der Waals surface area contributed by atoms with Crippen LogP contribution in [0.3, 0.4) is 0 Å². The van der Waals surface area contributed by atoms with Crippen molar-refractivity contribution in [1.29, 1.82) is 0 Å². The summed E-state index contributed by atoms with van der Waals surface area (Å²) in [5.74, 6) is 5.57. The summed E-state index contributed by atoms with van der Waals surface area (Å²) in [4.78, 5) is 0. The minimum Gasteiger partial charge on any atom is -0.318 e. The van der Waals surface area contributed by atoms with Crippen LogP contribution in [-0.2, 0) is 6.18 Å². The van der Waals surface area contributed by atoms with Crippen molar-refractivity contribution >= 4 is 0 Å². The number of alkyl halides is 3. The van der Waals surface area contributed by atoms with E-state index >= 15 is 0 Å². The van der Waals surface area contributed by atoms with E-state index in [1.165, 1.54) is 12.1 Å². The van der Waals surface area contributed by atoms with E-state index in [1.54, 1.807) is 0 Å². The molecule has 92 valence electrons. The Morgan fingerprint density at radius 2 is 1.82 bits per heavy atom. The molecule has 17 heavy (non-hydrogen) atoms. The zero-order chi connectivity index (χ0) is 12.9. The van der Waals surface area contributed by atoms with Crippen LogP contribution in [-0.4, -0.2) is 6.04 Å². The van der Waals surface area contributed by atoms with Crippen LogP contribution in [0.25, 0.3) is 0 Å². The second kappa shape index (κ2) is 5.74. The van der Waals surface area contributed by atoms with Gasteiger partial charge in [0.1, 0.15) is 0 Å². The quantitative estimate of drug-likeness (QED) is 0.791. The van der Waals surface area contributed by atoms with Crippen LogP contribution < -0.4 is 5.73 Å². The lowest BCUT2D eigenvalue weighted by Crippen LogP contribution is -2.16. The van der Waals surface area contributed by atoms with Crippen LogP contribution in [0, 0.1) is 11.8 Å². The Bertz CT molecular complexity index is 409. The van der Waals surface area contributed by atoms with E-state index in [9.17, 15) is 13.2 Å². The number of nitrogens with two attached hydrogens (primary N) is 1. The highest BCUT2D eigenvalue weighted by atomic mass is 19.4. The molecule has 0 saturated carbocycles. The number of rotatable bonds is 2. The second-order valence-corrected chi connectivity index (χ2v) is 3.74. The maximum Gasteiger partial charge on any atom is 0.416 e. The van der Waals surface area contributed by atoms with Crippen molar-refractivity contribution in [1.82, 2.24) is 0 Å². The third-order valence-electron chi connectivity index (χ3n) is 2.21. The van der Waals surface area contributed by atoms with Gasteiger partial charge in [0, 0.05) is 5.56 Å². The summed E-state index contributed by atoms with van der Waals surface area (Å²) >= 11 is 0. The fourth-order valence-corrected chi connectivity index (χ4v) is 1.30. The average Bonchev–Trinajstić information content (AvgIpc) is 2.26. The lowest BCUT2D eigenvalue weighted by atomic mass is 10.1. The molecule has 0 fully saturated rings. The summed E-state index contributed by atoms with van der Waals surface area (Å²) in [7, 11) is 0. The molecule has 2 N–H and O–H groups in total. The Morgan fingerprint density at radius 1 is 1.24 bits per heavy atom. The monoisotopic (exact) mass is 241 g/mol. The molecule has 0 bridgehead atoms. The molecular formula is C13H14F3N. The van der Waals surface area contributed by atoms with E-state index in [0.717, 1.165) is 25.0 Å². The fraction of sp³-hybridized carbons (Fsp3) is 0.385. The van der Waals surface area contributed by atoms with Crippen molar-refractivity contribution in [2.75, 3.05) is 0 Å². The van der Waals surface area contributed by atoms with Crippen molar-refractivity contribution in [2.45, 2.75) is 32.0 Å². The molecule has 0 aliphatic heterocycles. The van der Waals surface area contributed by atoms with Gasteiger partial charge in [-0.1, -0.05) is 25.2 Å². The van der Waals surface area contributed by atoms with Gasteiger partial charge in [0.2, 0.25) is 0 Å². The van der Waals surface area contributed by atoms with Crippen LogP contribution in [0.1, 0.15) is 30.9 Å². The van der Waals surface area contributed by atoms with E-state index in [1.807, 2.05) is 6.92 Å². The number of hydrogen-bond acceptors (Lipinski definition) is 1. The summed E-state index contributed by atoms with van der Waals surface area (Å²) in [6, 6.07) is 4.54. The van der Waals surface area contributed by atoms with Crippen molar-refractivity contribution in [3.05, 3.63) is 35.4 Å². The molecule has 1 unspecified atom stereocenters. The summed E-state index contributed by atoms with van der Waals surface area (Å²) in [6.45, 7) is 2.00. The smallest absolute Gasteiger partial charge is 0.318 e. The van der Waals surface area contributed by atoms with Crippen LogP contribution in [0.15, 0.2) is 24.3 Å². The SMILES string of the molecule is CCCC(N)C#Cc1ccc(C(F)(F)F)cc1. The molecule has 1 aromatic carbocycles. The molecule has 4 heteroatoms. The Morgan fingerprint density at radius 3 is 2.29 bits per heavy atom. The van der Waals surface area contributed by atoms with E-state index in [4.69, 9.17) is 5.73 Å². The van der Waals surface area contributed by atoms with Gasteiger partial charge >= 0.3 is 6.18 Å². The zero-order valence-corrected chi connectivity index (χ0v) is 9.51. The molecule has 0 heterocycles. The number of halogens is 3. The highest BCUT2D eigenvalue weighted by Crippen LogP contribution is 2.28. The summed E-state index contributed by atoms with van der Waals surface area (Å²) in [5.41, 5.74) is 5.56. The first kappa shape index (κ1) is 13.6. The maximum atomic E-state index is 12.3. The van der Waals surface area contributed by atoms with Crippen LogP contribution in [0.2, 0.25) is 0 Å². The average molecular weight is 241 g/mol. The third kappa shape index (κ3) is 4.49. The minimum atomic E-state index is -4.30. The van der Waals surface area contributed by atoms with Crippen molar-refractivity contribution in [3.63, 3.8) is 0 Å². The second-order valence-electron chi connectivity index (χ2n) is 3.74. The molecule has 1 aromatic rings. The van der Waals surface area contributed by atoms with Gasteiger partial charge in [-0.25, -0.2) is 0 Å². The Balaban J connectivity index is 2.75. The first-order valence-electron chi connectivity index (χ1n) is 5.38. The molecule has 1 atom stereocenters. The molecule has 0 aliphatic rings. The Hall–Kier alpha value is -1.47. The molecule has 1 rings (SSSR count). The van der Waals surface area contributed by atoms with E-state index in [0.29, 0.717) is 5.56 Å². The lowest BCUT2D eigenvalue weighted by Gasteiger charge is -2.05. The van der Waals surface area contributed by atoms with E-state index in [-0.39, 0.29) is 6.04 Å². The van der Waals surface area contributed by atoms with Crippen molar-refractivity contribution < 1.29 is 13.2 Å². The summed E-state index contributed by atoms with van der Waals surface area (Å²) in [5, 5.41) is 0.